The van der Waals surface area contributed by atoms with Crippen LogP contribution in [0.25, 0.3) is 10.9 Å². The van der Waals surface area contributed by atoms with Crippen LogP contribution >= 0.6 is 0 Å². The van der Waals surface area contributed by atoms with Crippen LogP contribution in [0.15, 0.2) is 47.5 Å². The van der Waals surface area contributed by atoms with Crippen LogP contribution < -0.4 is 26.6 Å². The SMILES string of the molecule is O=Cc1c(C(O)N[C@@H](CNC(=O)CNC(O)c2cc(O)cc(NC3=NCC(O)CN3)c2)C(=O)O)[nH]c2ccccc12. The number of nitrogens with zero attached hydrogens (tertiary/aromatic N) is 1. The molecule has 0 saturated carbocycles. The van der Waals surface area contributed by atoms with Crippen molar-refractivity contribution in [3.8, 4) is 5.75 Å². The first-order valence-corrected chi connectivity index (χ1v) is 12.6. The number of nitrogens with one attached hydrogen (secondary N) is 6. The molecule has 2 aromatic carbocycles. The molecule has 15 nitrogen and oxygen atoms in total. The van der Waals surface area contributed by atoms with E-state index in [1.165, 1.54) is 18.2 Å². The Hall–Kier alpha value is -4.54. The predicted molar refractivity (Wildman–Crippen MR) is 147 cm³/mol. The van der Waals surface area contributed by atoms with E-state index in [-0.39, 0.29) is 29.1 Å². The number of benzene rings is 2. The lowest BCUT2D eigenvalue weighted by Gasteiger charge is -2.21. The lowest BCUT2D eigenvalue weighted by Crippen LogP contribution is -2.49. The van der Waals surface area contributed by atoms with Gasteiger partial charge < -0.3 is 46.5 Å². The molecule has 218 valence electrons. The second kappa shape index (κ2) is 13.2. The zero-order valence-corrected chi connectivity index (χ0v) is 21.7. The Kier molecular flexibility index (Phi) is 9.49. The van der Waals surface area contributed by atoms with E-state index in [0.717, 1.165) is 0 Å². The lowest BCUT2D eigenvalue weighted by molar-refractivity contribution is -0.140. The van der Waals surface area contributed by atoms with E-state index in [2.05, 4.69) is 36.6 Å². The Morgan fingerprint density at radius 3 is 2.63 bits per heavy atom. The average molecular weight is 570 g/mol. The van der Waals surface area contributed by atoms with Crippen LogP contribution in [0.3, 0.4) is 0 Å². The molecule has 4 atom stereocenters. The number of aromatic nitrogens is 1. The molecule has 0 spiro atoms. The summed E-state index contributed by atoms with van der Waals surface area (Å²) in [6.45, 7) is -0.307. The molecule has 1 aromatic heterocycles. The van der Waals surface area contributed by atoms with Crippen molar-refractivity contribution in [1.82, 2.24) is 26.3 Å². The summed E-state index contributed by atoms with van der Waals surface area (Å²) in [4.78, 5) is 42.8. The minimum Gasteiger partial charge on any atom is -0.508 e. The molecular weight excluding hydrogens is 538 g/mol. The molecule has 0 bridgehead atoms. The number of aldehydes is 1. The zero-order chi connectivity index (χ0) is 29.5. The van der Waals surface area contributed by atoms with Crippen LogP contribution in [0, 0.1) is 0 Å². The van der Waals surface area contributed by atoms with E-state index >= 15 is 0 Å². The summed E-state index contributed by atoms with van der Waals surface area (Å²) in [5.41, 5.74) is 1.49. The molecule has 3 unspecified atom stereocenters. The average Bonchev–Trinajstić information content (AvgIpc) is 3.33. The number of phenols is 1. The van der Waals surface area contributed by atoms with Gasteiger partial charge in [-0.1, -0.05) is 18.2 Å². The highest BCUT2D eigenvalue weighted by Crippen LogP contribution is 2.25. The van der Waals surface area contributed by atoms with Gasteiger partial charge in [0.25, 0.3) is 0 Å². The molecule has 0 aliphatic carbocycles. The van der Waals surface area contributed by atoms with Crippen molar-refractivity contribution in [2.75, 3.05) is 31.5 Å². The smallest absolute Gasteiger partial charge is 0.322 e. The number of guanidine groups is 1. The minimum atomic E-state index is -1.55. The first-order valence-electron chi connectivity index (χ1n) is 12.6. The number of carboxylic acid groups (broad SMARTS) is 1. The summed E-state index contributed by atoms with van der Waals surface area (Å²) in [5.74, 6) is -1.78. The quantitative estimate of drug-likeness (QED) is 0.0915. The molecule has 11 N–H and O–H groups in total. The predicted octanol–water partition coefficient (Wildman–Crippen LogP) is -1.15. The number of aromatic hydroxyl groups is 1. The molecule has 0 saturated heterocycles. The Bertz CT molecular complexity index is 1440. The number of aromatic amines is 1. The third kappa shape index (κ3) is 7.56. The monoisotopic (exact) mass is 569 g/mol. The summed E-state index contributed by atoms with van der Waals surface area (Å²) in [5, 5.41) is 64.1. The molecule has 4 rings (SSSR count). The Morgan fingerprint density at radius 1 is 1.15 bits per heavy atom. The van der Waals surface area contributed by atoms with Gasteiger partial charge in [0.1, 0.15) is 24.2 Å². The lowest BCUT2D eigenvalue weighted by atomic mass is 10.1. The number of carbonyl (C=O) groups is 3. The third-order valence-corrected chi connectivity index (χ3v) is 6.27. The van der Waals surface area contributed by atoms with Crippen LogP contribution in [0.2, 0.25) is 0 Å². The van der Waals surface area contributed by atoms with E-state index in [1.54, 1.807) is 24.3 Å². The highest BCUT2D eigenvalue weighted by atomic mass is 16.4. The summed E-state index contributed by atoms with van der Waals surface area (Å²) >= 11 is 0. The number of phenolic OH excluding ortho intramolecular Hbond substituents is 1. The molecule has 0 fully saturated rings. The number of aliphatic imine (C=N–C) groups is 1. The van der Waals surface area contributed by atoms with Gasteiger partial charge in [-0.05, 0) is 18.2 Å². The number of rotatable bonds is 12. The van der Waals surface area contributed by atoms with E-state index in [4.69, 9.17) is 0 Å². The number of carbonyl (C=O) groups excluding carboxylic acids is 2. The molecule has 3 aromatic rings. The Morgan fingerprint density at radius 2 is 1.93 bits per heavy atom. The highest BCUT2D eigenvalue weighted by Gasteiger charge is 2.25. The maximum atomic E-state index is 12.4. The van der Waals surface area contributed by atoms with E-state index in [1.807, 2.05) is 0 Å². The fraction of sp³-hybridized carbons (Fsp3) is 0.308. The molecule has 1 aliphatic heterocycles. The first-order chi connectivity index (χ1) is 19.6. The number of fused-ring (bicyclic) bond motifs is 1. The summed E-state index contributed by atoms with van der Waals surface area (Å²) in [7, 11) is 0. The van der Waals surface area contributed by atoms with Gasteiger partial charge in [0.2, 0.25) is 5.91 Å². The van der Waals surface area contributed by atoms with Crippen LogP contribution in [0.4, 0.5) is 5.69 Å². The summed E-state index contributed by atoms with van der Waals surface area (Å²) in [6, 6.07) is 9.66. The van der Waals surface area contributed by atoms with Crippen LogP contribution in [0.1, 0.15) is 34.1 Å². The van der Waals surface area contributed by atoms with Crippen molar-refractivity contribution in [3.63, 3.8) is 0 Å². The van der Waals surface area contributed by atoms with Crippen molar-refractivity contribution in [3.05, 3.63) is 59.3 Å². The maximum absolute atomic E-state index is 12.4. The van der Waals surface area contributed by atoms with Gasteiger partial charge in [-0.25, -0.2) is 0 Å². The number of carboxylic acids is 1. The van der Waals surface area contributed by atoms with Crippen molar-refractivity contribution >= 4 is 40.7 Å². The first kappa shape index (κ1) is 29.4. The number of amides is 1. The van der Waals surface area contributed by atoms with Crippen molar-refractivity contribution in [2.45, 2.75) is 24.6 Å². The van der Waals surface area contributed by atoms with Crippen molar-refractivity contribution in [1.29, 1.82) is 0 Å². The largest absolute Gasteiger partial charge is 0.508 e. The second-order valence-electron chi connectivity index (χ2n) is 9.33. The van der Waals surface area contributed by atoms with Crippen LogP contribution in [-0.4, -0.2) is 93.0 Å². The van der Waals surface area contributed by atoms with Gasteiger partial charge in [0.15, 0.2) is 12.2 Å². The standard InChI is InChI=1S/C26H31N7O8/c34-12-18-17-3-1-2-4-19(17)32-22(18)24(39)33-20(25(40)41)10-27-21(37)11-28-23(38)13-5-14(7-15(35)6-13)31-26-29-8-16(36)9-30-26/h1-7,12,16,20,23-24,28,32-33,35-36,38-39H,8-11H2,(H,27,37)(H,40,41)(H2,29,30,31)/t20-,23?,24?/m0/s1. The summed E-state index contributed by atoms with van der Waals surface area (Å²) in [6.07, 6.45) is -2.95. The fourth-order valence-corrected chi connectivity index (χ4v) is 4.22. The number of hydrogen-bond acceptors (Lipinski definition) is 12. The molecule has 0 radical (unpaired) electrons. The van der Waals surface area contributed by atoms with Gasteiger partial charge >= 0.3 is 5.97 Å². The van der Waals surface area contributed by atoms with Crippen LogP contribution in [0.5, 0.6) is 5.75 Å². The number of aliphatic carboxylic acids is 1. The van der Waals surface area contributed by atoms with Gasteiger partial charge in [0, 0.05) is 46.9 Å². The van der Waals surface area contributed by atoms with Gasteiger partial charge in [0.05, 0.1) is 24.9 Å². The third-order valence-electron chi connectivity index (χ3n) is 6.27. The zero-order valence-electron chi connectivity index (χ0n) is 21.7. The van der Waals surface area contributed by atoms with E-state index < -0.39 is 49.6 Å². The Balaban J connectivity index is 1.30. The molecule has 15 heteroatoms. The second-order valence-corrected chi connectivity index (χ2v) is 9.33. The van der Waals surface area contributed by atoms with Gasteiger partial charge in [-0.2, -0.15) is 0 Å². The van der Waals surface area contributed by atoms with E-state index in [9.17, 15) is 39.9 Å². The number of hydrogen-bond donors (Lipinski definition) is 11. The normalized spacial score (nSPS) is 17.1. The number of H-pyrrole nitrogens is 1. The minimum absolute atomic E-state index is 0.0902. The molecular formula is C26H31N7O8. The number of aliphatic hydroxyl groups is 3. The highest BCUT2D eigenvalue weighted by molar-refractivity contribution is 5.99. The van der Waals surface area contributed by atoms with Crippen LogP contribution in [-0.2, 0) is 9.59 Å². The maximum Gasteiger partial charge on any atom is 0.322 e. The number of aliphatic hydroxyl groups excluding tert-OH is 3. The van der Waals surface area contributed by atoms with Gasteiger partial charge in [-0.15, -0.1) is 0 Å². The topological polar surface area (TPSA) is 241 Å². The Labute approximate surface area is 233 Å². The molecule has 1 aliphatic rings. The molecule has 2 heterocycles. The van der Waals surface area contributed by atoms with Gasteiger partial charge in [-0.3, -0.25) is 30.0 Å². The molecule has 41 heavy (non-hydrogen) atoms. The number of β-amino-alcohol motifs (C(OH)–C–C–N with tert-alkyl or cyclic N) is 1. The van der Waals surface area contributed by atoms with Crippen molar-refractivity contribution in [2.24, 2.45) is 4.99 Å². The summed E-state index contributed by atoms with van der Waals surface area (Å²) < 4.78 is 0. The molecule has 1 amide bonds. The fourth-order valence-electron chi connectivity index (χ4n) is 4.22. The van der Waals surface area contributed by atoms with Crippen molar-refractivity contribution < 1.29 is 39.9 Å². The number of para-hydroxylation sites is 1. The van der Waals surface area contributed by atoms with E-state index in [0.29, 0.717) is 35.4 Å². The number of anilines is 1.